The van der Waals surface area contributed by atoms with Crippen LogP contribution < -0.4 is 15.0 Å². The van der Waals surface area contributed by atoms with Gasteiger partial charge >= 0.3 is 0 Å². The first kappa shape index (κ1) is 19.7. The number of thiophene rings is 1. The molecule has 1 amide bonds. The highest BCUT2D eigenvalue weighted by molar-refractivity contribution is 7.20. The van der Waals surface area contributed by atoms with E-state index in [0.29, 0.717) is 11.6 Å². The molecule has 4 rings (SSSR count). The quantitative estimate of drug-likeness (QED) is 0.624. The van der Waals surface area contributed by atoms with Crippen molar-refractivity contribution in [2.75, 3.05) is 19.1 Å². The molecule has 0 radical (unpaired) electrons. The van der Waals surface area contributed by atoms with E-state index in [9.17, 15) is 9.18 Å². The summed E-state index contributed by atoms with van der Waals surface area (Å²) >= 11 is 1.66. The fraction of sp³-hybridized carbons (Fsp3) is 0.348. The molecule has 1 aliphatic rings. The van der Waals surface area contributed by atoms with E-state index in [1.165, 1.54) is 40.0 Å². The molecule has 1 heterocycles. The molecule has 1 aliphatic carbocycles. The van der Waals surface area contributed by atoms with E-state index in [-0.39, 0.29) is 17.8 Å². The third kappa shape index (κ3) is 4.22. The molecule has 0 atom stereocenters. The summed E-state index contributed by atoms with van der Waals surface area (Å²) in [5, 5.41) is 5.25. The Morgan fingerprint density at radius 2 is 1.86 bits per heavy atom. The Morgan fingerprint density at radius 3 is 2.55 bits per heavy atom. The maximum atomic E-state index is 13.0. The van der Waals surface area contributed by atoms with E-state index in [2.05, 4.69) is 41.5 Å². The number of nitrogens with zero attached hydrogens (tertiary/aromatic N) is 1. The van der Waals surface area contributed by atoms with Gasteiger partial charge in [-0.15, -0.1) is 0 Å². The lowest BCUT2D eigenvalue weighted by Crippen LogP contribution is -2.43. The number of hydrogen-bond donors (Lipinski definition) is 1. The van der Waals surface area contributed by atoms with Crippen molar-refractivity contribution in [1.29, 1.82) is 0 Å². The fourth-order valence-electron chi connectivity index (χ4n) is 4.10. The number of rotatable bonds is 5. The molecule has 6 heteroatoms. The number of carbonyl (C=O) groups is 1. The van der Waals surface area contributed by atoms with Crippen molar-refractivity contribution < 1.29 is 13.9 Å². The number of nitrogens with one attached hydrogen (secondary N) is 1. The second-order valence-corrected chi connectivity index (χ2v) is 8.60. The Hall–Kier alpha value is -2.60. The molecule has 1 saturated carbocycles. The summed E-state index contributed by atoms with van der Waals surface area (Å²) in [5.74, 6) is -0.458. The monoisotopic (exact) mass is 412 g/mol. The van der Waals surface area contributed by atoms with Crippen molar-refractivity contribution in [2.24, 2.45) is 0 Å². The Bertz CT molecular complexity index is 994. The molecule has 0 unspecified atom stereocenters. The summed E-state index contributed by atoms with van der Waals surface area (Å²) in [6, 6.07) is 14.8. The van der Waals surface area contributed by atoms with Crippen LogP contribution in [-0.2, 0) is 0 Å². The maximum Gasteiger partial charge on any atom is 0.251 e. The van der Waals surface area contributed by atoms with Crippen LogP contribution in [0.4, 0.5) is 10.1 Å². The SMILES string of the molecule is COc1cc2c(N(C)[C@H]3CC[C@@H](NC(=O)c4ccc(F)cc4)CC3)cccc2s1. The van der Waals surface area contributed by atoms with Crippen molar-refractivity contribution in [3.8, 4) is 5.06 Å². The smallest absolute Gasteiger partial charge is 0.251 e. The van der Waals surface area contributed by atoms with Crippen LogP contribution in [0.5, 0.6) is 5.06 Å². The highest BCUT2D eigenvalue weighted by atomic mass is 32.1. The zero-order valence-corrected chi connectivity index (χ0v) is 17.5. The molecule has 3 aromatic rings. The molecule has 0 spiro atoms. The van der Waals surface area contributed by atoms with E-state index >= 15 is 0 Å². The highest BCUT2D eigenvalue weighted by Crippen LogP contribution is 2.38. The zero-order chi connectivity index (χ0) is 20.4. The first-order chi connectivity index (χ1) is 14.0. The summed E-state index contributed by atoms with van der Waals surface area (Å²) in [5.41, 5.74) is 1.73. The molecule has 4 nitrogen and oxygen atoms in total. The second-order valence-electron chi connectivity index (χ2n) is 7.56. The number of methoxy groups -OCH3 is 1. The van der Waals surface area contributed by atoms with Gasteiger partial charge in [0.15, 0.2) is 5.06 Å². The van der Waals surface area contributed by atoms with Crippen molar-refractivity contribution in [3.05, 3.63) is 59.9 Å². The lowest BCUT2D eigenvalue weighted by atomic mass is 9.89. The van der Waals surface area contributed by atoms with E-state index in [1.54, 1.807) is 18.4 Å². The normalized spacial score (nSPS) is 19.1. The molecule has 0 bridgehead atoms. The predicted octanol–water partition coefficient (Wildman–Crippen LogP) is 5.23. The second kappa shape index (κ2) is 8.41. The van der Waals surface area contributed by atoms with E-state index in [0.717, 1.165) is 30.7 Å². The number of carbonyl (C=O) groups excluding carboxylic acids is 1. The predicted molar refractivity (Wildman–Crippen MR) is 117 cm³/mol. The molecule has 2 aromatic carbocycles. The van der Waals surface area contributed by atoms with Gasteiger partial charge in [-0.2, -0.15) is 0 Å². The summed E-state index contributed by atoms with van der Waals surface area (Å²) in [7, 11) is 3.86. The van der Waals surface area contributed by atoms with Crippen molar-refractivity contribution in [1.82, 2.24) is 5.32 Å². The number of hydrogen-bond acceptors (Lipinski definition) is 4. The molecule has 29 heavy (non-hydrogen) atoms. The Labute approximate surface area is 174 Å². The van der Waals surface area contributed by atoms with E-state index < -0.39 is 0 Å². The summed E-state index contributed by atoms with van der Waals surface area (Å²) in [6.45, 7) is 0. The third-order valence-electron chi connectivity index (χ3n) is 5.78. The average molecular weight is 413 g/mol. The van der Waals surface area contributed by atoms with Gasteiger partial charge in [0.1, 0.15) is 5.82 Å². The number of ether oxygens (including phenoxy) is 1. The Kier molecular flexibility index (Phi) is 5.72. The molecule has 1 aromatic heterocycles. The fourth-order valence-corrected chi connectivity index (χ4v) is 5.00. The van der Waals surface area contributed by atoms with Crippen molar-refractivity contribution >= 4 is 33.0 Å². The molecule has 1 fully saturated rings. The van der Waals surface area contributed by atoms with Crippen LogP contribution in [0, 0.1) is 5.82 Å². The first-order valence-electron chi connectivity index (χ1n) is 9.91. The van der Waals surface area contributed by atoms with Crippen LogP contribution in [-0.4, -0.2) is 32.1 Å². The van der Waals surface area contributed by atoms with Gasteiger partial charge in [0.2, 0.25) is 0 Å². The van der Waals surface area contributed by atoms with Gasteiger partial charge in [0.25, 0.3) is 5.91 Å². The first-order valence-corrected chi connectivity index (χ1v) is 10.7. The topological polar surface area (TPSA) is 41.6 Å². The van der Waals surface area contributed by atoms with E-state index in [1.807, 2.05) is 0 Å². The standard InChI is InChI=1S/C23H25FN2O2S/c1-26(20-4-3-5-21-19(20)14-22(28-2)29-21)18-12-10-17(11-13-18)25-23(27)15-6-8-16(24)9-7-15/h3-9,14,17-18H,10-13H2,1-2H3,(H,25,27)/t17-,18+. The minimum atomic E-state index is -0.330. The van der Waals surface area contributed by atoms with Gasteiger partial charge < -0.3 is 15.0 Å². The van der Waals surface area contributed by atoms with Gasteiger partial charge in [-0.25, -0.2) is 4.39 Å². The number of fused-ring (bicyclic) bond motifs is 1. The van der Waals surface area contributed by atoms with Crippen molar-refractivity contribution in [2.45, 2.75) is 37.8 Å². The number of benzene rings is 2. The Morgan fingerprint density at radius 1 is 1.14 bits per heavy atom. The van der Waals surface area contributed by atoms with Gasteiger partial charge in [-0.05, 0) is 62.1 Å². The zero-order valence-electron chi connectivity index (χ0n) is 16.7. The van der Waals surface area contributed by atoms with Crippen LogP contribution in [0.1, 0.15) is 36.0 Å². The highest BCUT2D eigenvalue weighted by Gasteiger charge is 2.26. The average Bonchev–Trinajstić information content (AvgIpc) is 3.18. The van der Waals surface area contributed by atoms with Crippen LogP contribution in [0.15, 0.2) is 48.5 Å². The van der Waals surface area contributed by atoms with Gasteiger partial charge in [-0.3, -0.25) is 4.79 Å². The van der Waals surface area contributed by atoms with Crippen LogP contribution >= 0.6 is 11.3 Å². The molecule has 0 saturated heterocycles. The molecule has 1 N–H and O–H groups in total. The summed E-state index contributed by atoms with van der Waals surface area (Å²) < 4.78 is 19.7. The Balaban J connectivity index is 1.39. The summed E-state index contributed by atoms with van der Waals surface area (Å²) in [6.07, 6.45) is 3.90. The van der Waals surface area contributed by atoms with E-state index in [4.69, 9.17) is 4.74 Å². The molecule has 152 valence electrons. The largest absolute Gasteiger partial charge is 0.487 e. The van der Waals surface area contributed by atoms with Gasteiger partial charge in [-0.1, -0.05) is 17.4 Å². The van der Waals surface area contributed by atoms with Crippen LogP contribution in [0.25, 0.3) is 10.1 Å². The van der Waals surface area contributed by atoms with Crippen LogP contribution in [0.2, 0.25) is 0 Å². The molecule has 0 aliphatic heterocycles. The number of amides is 1. The number of anilines is 1. The molecular weight excluding hydrogens is 387 g/mol. The third-order valence-corrected chi connectivity index (χ3v) is 6.84. The minimum Gasteiger partial charge on any atom is -0.487 e. The number of halogens is 1. The van der Waals surface area contributed by atoms with Gasteiger partial charge in [0, 0.05) is 46.5 Å². The van der Waals surface area contributed by atoms with Crippen molar-refractivity contribution in [3.63, 3.8) is 0 Å². The maximum absolute atomic E-state index is 13.0. The summed E-state index contributed by atoms with van der Waals surface area (Å²) in [4.78, 5) is 14.8. The lowest BCUT2D eigenvalue weighted by molar-refractivity contribution is 0.0926. The lowest BCUT2D eigenvalue weighted by Gasteiger charge is -2.36. The van der Waals surface area contributed by atoms with Gasteiger partial charge in [0.05, 0.1) is 7.11 Å². The van der Waals surface area contributed by atoms with Crippen LogP contribution in [0.3, 0.4) is 0 Å². The minimum absolute atomic E-state index is 0.128. The molecular formula is C23H25FN2O2S.